The number of nitrogens with one attached hydrogen (secondary N) is 2. The van der Waals surface area contributed by atoms with Crippen molar-refractivity contribution in [3.8, 4) is 0 Å². The van der Waals surface area contributed by atoms with Crippen LogP contribution in [0.1, 0.15) is 27.2 Å². The number of rotatable bonds is 5. The molecule has 1 aromatic carbocycles. The van der Waals surface area contributed by atoms with Crippen molar-refractivity contribution in [2.45, 2.75) is 39.3 Å². The Labute approximate surface area is 134 Å². The number of aromatic nitrogens is 2. The Kier molecular flexibility index (Phi) is 4.14. The summed E-state index contributed by atoms with van der Waals surface area (Å²) in [6.45, 7) is 5.81. The Morgan fingerprint density at radius 1 is 1.26 bits per heavy atom. The maximum Gasteiger partial charge on any atom is 0.242 e. The van der Waals surface area contributed by atoms with E-state index in [9.17, 15) is 4.79 Å². The molecular weight excluding hydrogens is 292 g/mol. The zero-order chi connectivity index (χ0) is 16.4. The molecule has 0 saturated heterocycles. The van der Waals surface area contributed by atoms with E-state index < -0.39 is 6.04 Å². The van der Waals surface area contributed by atoms with E-state index in [1.54, 1.807) is 6.92 Å². The molecule has 0 aliphatic heterocycles. The first-order valence-corrected chi connectivity index (χ1v) is 7.79. The maximum atomic E-state index is 12.2. The summed E-state index contributed by atoms with van der Waals surface area (Å²) in [5, 5.41) is 7.00. The van der Waals surface area contributed by atoms with Gasteiger partial charge in [-0.1, -0.05) is 19.1 Å². The largest absolute Gasteiger partial charge is 0.450 e. The van der Waals surface area contributed by atoms with E-state index in [0.717, 1.165) is 22.9 Å². The molecule has 120 valence electrons. The second-order valence-electron chi connectivity index (χ2n) is 5.68. The fourth-order valence-corrected chi connectivity index (χ4v) is 2.37. The van der Waals surface area contributed by atoms with Crippen molar-refractivity contribution >= 4 is 33.8 Å². The summed E-state index contributed by atoms with van der Waals surface area (Å²) >= 11 is 0. The lowest BCUT2D eigenvalue weighted by Crippen LogP contribution is -2.42. The highest BCUT2D eigenvalue weighted by atomic mass is 16.3. The first-order valence-electron chi connectivity index (χ1n) is 7.79. The fourth-order valence-electron chi connectivity index (χ4n) is 2.37. The average molecular weight is 312 g/mol. The molecule has 0 spiro atoms. The zero-order valence-electron chi connectivity index (χ0n) is 13.5. The summed E-state index contributed by atoms with van der Waals surface area (Å²) in [4.78, 5) is 20.7. The molecule has 0 fully saturated rings. The van der Waals surface area contributed by atoms with Gasteiger partial charge in [0.05, 0.1) is 0 Å². The van der Waals surface area contributed by atoms with E-state index >= 15 is 0 Å². The predicted molar refractivity (Wildman–Crippen MR) is 90.3 cm³/mol. The number of carbonyl (C=O) groups is 1. The number of nitrogens with zero attached hydrogens (tertiary/aromatic N) is 2. The van der Waals surface area contributed by atoms with Crippen molar-refractivity contribution in [2.24, 2.45) is 0 Å². The maximum absolute atomic E-state index is 12.2. The molecule has 2 heterocycles. The molecule has 0 aliphatic rings. The lowest BCUT2D eigenvalue weighted by molar-refractivity contribution is -0.122. The number of carbonyl (C=O) groups excluding carboxylic acids is 1. The van der Waals surface area contributed by atoms with Crippen LogP contribution in [0.15, 0.2) is 35.0 Å². The minimum absolute atomic E-state index is 0.0674. The van der Waals surface area contributed by atoms with Gasteiger partial charge in [-0.3, -0.25) is 4.79 Å². The SMILES string of the molecule is CCC(C)NC(=O)C(C)Nc1ncnc2c1oc1ccccc12. The molecule has 6 heteroatoms. The predicted octanol–water partition coefficient (Wildman–Crippen LogP) is 3.09. The highest BCUT2D eigenvalue weighted by Gasteiger charge is 2.18. The number of hydrogen-bond acceptors (Lipinski definition) is 5. The Bertz CT molecular complexity index is 843. The summed E-state index contributed by atoms with van der Waals surface area (Å²) in [5.74, 6) is 0.459. The molecule has 2 unspecified atom stereocenters. The van der Waals surface area contributed by atoms with Gasteiger partial charge in [0.2, 0.25) is 5.91 Å². The smallest absolute Gasteiger partial charge is 0.242 e. The number of anilines is 1. The standard InChI is InChI=1S/C17H20N4O2/c1-4-10(2)20-17(22)11(3)21-16-15-14(18-9-19-16)12-7-5-6-8-13(12)23-15/h5-11H,4H2,1-3H3,(H,20,22)(H,18,19,21). The third-order valence-electron chi connectivity index (χ3n) is 3.91. The summed E-state index contributed by atoms with van der Waals surface area (Å²) in [5.41, 5.74) is 2.06. The van der Waals surface area contributed by atoms with Gasteiger partial charge >= 0.3 is 0 Å². The first-order chi connectivity index (χ1) is 11.1. The van der Waals surface area contributed by atoms with E-state index in [4.69, 9.17) is 4.42 Å². The van der Waals surface area contributed by atoms with Crippen LogP contribution >= 0.6 is 0 Å². The van der Waals surface area contributed by atoms with Crippen molar-refractivity contribution in [1.29, 1.82) is 0 Å². The molecule has 6 nitrogen and oxygen atoms in total. The number of fused-ring (bicyclic) bond motifs is 3. The van der Waals surface area contributed by atoms with E-state index in [1.807, 2.05) is 38.1 Å². The topological polar surface area (TPSA) is 80.0 Å². The molecular formula is C17H20N4O2. The van der Waals surface area contributed by atoms with Crippen LogP contribution in [0.4, 0.5) is 5.82 Å². The minimum Gasteiger partial charge on any atom is -0.450 e. The van der Waals surface area contributed by atoms with Gasteiger partial charge in [0.15, 0.2) is 11.4 Å². The molecule has 1 amide bonds. The molecule has 2 atom stereocenters. The lowest BCUT2D eigenvalue weighted by Gasteiger charge is -2.17. The molecule has 0 aliphatic carbocycles. The first kappa shape index (κ1) is 15.3. The van der Waals surface area contributed by atoms with Crippen LogP contribution in [0.25, 0.3) is 22.1 Å². The molecule has 0 radical (unpaired) electrons. The van der Waals surface area contributed by atoms with Gasteiger partial charge < -0.3 is 15.1 Å². The number of para-hydroxylation sites is 1. The van der Waals surface area contributed by atoms with Crippen LogP contribution in [0.2, 0.25) is 0 Å². The van der Waals surface area contributed by atoms with Crippen LogP contribution in [0.3, 0.4) is 0 Å². The Morgan fingerprint density at radius 3 is 2.83 bits per heavy atom. The van der Waals surface area contributed by atoms with Crippen LogP contribution in [-0.2, 0) is 4.79 Å². The lowest BCUT2D eigenvalue weighted by atomic mass is 10.2. The average Bonchev–Trinajstić information content (AvgIpc) is 2.94. The molecule has 3 rings (SSSR count). The summed E-state index contributed by atoms with van der Waals surface area (Å²) in [6, 6.07) is 7.41. The van der Waals surface area contributed by atoms with Gasteiger partial charge in [-0.2, -0.15) is 0 Å². The van der Waals surface area contributed by atoms with Crippen LogP contribution in [-0.4, -0.2) is 28.0 Å². The second-order valence-corrected chi connectivity index (χ2v) is 5.68. The number of benzene rings is 1. The van der Waals surface area contributed by atoms with Crippen LogP contribution in [0, 0.1) is 0 Å². The number of amides is 1. The van der Waals surface area contributed by atoms with Crippen molar-refractivity contribution in [3.63, 3.8) is 0 Å². The van der Waals surface area contributed by atoms with Gasteiger partial charge in [-0.25, -0.2) is 9.97 Å². The quantitative estimate of drug-likeness (QED) is 0.756. The molecule has 2 aromatic heterocycles. The normalized spacial score (nSPS) is 13.9. The minimum atomic E-state index is -0.421. The van der Waals surface area contributed by atoms with E-state index in [1.165, 1.54) is 6.33 Å². The van der Waals surface area contributed by atoms with E-state index in [2.05, 4.69) is 20.6 Å². The number of furan rings is 1. The summed E-state index contributed by atoms with van der Waals surface area (Å²) in [7, 11) is 0. The van der Waals surface area contributed by atoms with Crippen LogP contribution < -0.4 is 10.6 Å². The Hall–Kier alpha value is -2.63. The summed E-state index contributed by atoms with van der Waals surface area (Å²) in [6.07, 6.45) is 2.37. The monoisotopic (exact) mass is 312 g/mol. The Morgan fingerprint density at radius 2 is 2.04 bits per heavy atom. The molecule has 3 aromatic rings. The third kappa shape index (κ3) is 2.97. The van der Waals surface area contributed by atoms with Crippen LogP contribution in [0.5, 0.6) is 0 Å². The van der Waals surface area contributed by atoms with Gasteiger partial charge in [0.25, 0.3) is 0 Å². The highest BCUT2D eigenvalue weighted by molar-refractivity contribution is 6.05. The van der Waals surface area contributed by atoms with E-state index in [0.29, 0.717) is 11.4 Å². The van der Waals surface area contributed by atoms with Gasteiger partial charge in [-0.15, -0.1) is 0 Å². The zero-order valence-corrected chi connectivity index (χ0v) is 13.5. The van der Waals surface area contributed by atoms with E-state index in [-0.39, 0.29) is 11.9 Å². The fraction of sp³-hybridized carbons (Fsp3) is 0.353. The Balaban J connectivity index is 1.89. The van der Waals surface area contributed by atoms with Crippen molar-refractivity contribution < 1.29 is 9.21 Å². The van der Waals surface area contributed by atoms with Gasteiger partial charge in [-0.05, 0) is 32.4 Å². The highest BCUT2D eigenvalue weighted by Crippen LogP contribution is 2.30. The van der Waals surface area contributed by atoms with Crippen molar-refractivity contribution in [2.75, 3.05) is 5.32 Å². The molecule has 0 saturated carbocycles. The van der Waals surface area contributed by atoms with Gasteiger partial charge in [0, 0.05) is 11.4 Å². The second kappa shape index (κ2) is 6.24. The molecule has 2 N–H and O–H groups in total. The molecule has 0 bridgehead atoms. The van der Waals surface area contributed by atoms with Crippen molar-refractivity contribution in [3.05, 3.63) is 30.6 Å². The molecule has 23 heavy (non-hydrogen) atoms. The van der Waals surface area contributed by atoms with Gasteiger partial charge in [0.1, 0.15) is 23.5 Å². The van der Waals surface area contributed by atoms with Crippen molar-refractivity contribution in [1.82, 2.24) is 15.3 Å². The third-order valence-corrected chi connectivity index (χ3v) is 3.91. The number of hydrogen-bond donors (Lipinski definition) is 2. The summed E-state index contributed by atoms with van der Waals surface area (Å²) < 4.78 is 5.85.